The lowest BCUT2D eigenvalue weighted by atomic mass is 10.0. The third kappa shape index (κ3) is 6.61. The molecule has 0 atom stereocenters. The second kappa shape index (κ2) is 10.8. The zero-order valence-electron chi connectivity index (χ0n) is 18.7. The largest absolute Gasteiger partial charge is 0.573 e. The maximum atomic E-state index is 12.9. The Morgan fingerprint density at radius 1 is 0.829 bits per heavy atom. The molecule has 0 aromatic heterocycles. The Morgan fingerprint density at radius 2 is 1.34 bits per heavy atom. The molecule has 1 heterocycles. The maximum absolute atomic E-state index is 12.9. The third-order valence-corrected chi connectivity index (χ3v) is 7.62. The fourth-order valence-corrected chi connectivity index (χ4v) is 5.39. The first-order chi connectivity index (χ1) is 16.7. The monoisotopic (exact) mass is 506 g/mol. The van der Waals surface area contributed by atoms with Crippen molar-refractivity contribution in [1.82, 2.24) is 9.79 Å². The number of sulfonamides is 1. The number of rotatable bonds is 8. The van der Waals surface area contributed by atoms with Gasteiger partial charge in [0, 0.05) is 19.1 Å². The highest BCUT2D eigenvalue weighted by molar-refractivity contribution is 7.89. The SMILES string of the molecule is O=S(=O)(c1ccc(OC(F)(F)F)cc1)N1CCC(NOC(c2ccccc2)c2ccccc2)CC1. The lowest BCUT2D eigenvalue weighted by molar-refractivity contribution is -0.274. The van der Waals surface area contributed by atoms with Gasteiger partial charge in [0.25, 0.3) is 0 Å². The zero-order chi connectivity index (χ0) is 24.9. The fourth-order valence-electron chi connectivity index (χ4n) is 3.92. The summed E-state index contributed by atoms with van der Waals surface area (Å²) < 4.78 is 68.0. The topological polar surface area (TPSA) is 67.9 Å². The number of nitrogens with zero attached hydrogens (tertiary/aromatic N) is 1. The second-order valence-electron chi connectivity index (χ2n) is 8.13. The Kier molecular flexibility index (Phi) is 7.75. The Bertz CT molecular complexity index is 1140. The van der Waals surface area contributed by atoms with E-state index in [0.717, 1.165) is 35.4 Å². The van der Waals surface area contributed by atoms with Gasteiger partial charge < -0.3 is 4.74 Å². The lowest BCUT2D eigenvalue weighted by Crippen LogP contribution is -2.45. The van der Waals surface area contributed by atoms with Crippen molar-refractivity contribution in [1.29, 1.82) is 0 Å². The van der Waals surface area contributed by atoms with E-state index in [2.05, 4.69) is 10.2 Å². The summed E-state index contributed by atoms with van der Waals surface area (Å²) in [7, 11) is -3.84. The Balaban J connectivity index is 1.36. The van der Waals surface area contributed by atoms with Crippen LogP contribution in [0.15, 0.2) is 89.8 Å². The predicted octanol–water partition coefficient (Wildman–Crippen LogP) is 5.05. The number of ether oxygens (including phenoxy) is 1. The van der Waals surface area contributed by atoms with E-state index in [9.17, 15) is 21.6 Å². The summed E-state index contributed by atoms with van der Waals surface area (Å²) in [6.07, 6.45) is -4.12. The maximum Gasteiger partial charge on any atom is 0.573 e. The highest BCUT2D eigenvalue weighted by atomic mass is 32.2. The first kappa shape index (κ1) is 25.2. The summed E-state index contributed by atoms with van der Waals surface area (Å²) in [4.78, 5) is 6.01. The fraction of sp³-hybridized carbons (Fsp3) is 0.280. The van der Waals surface area contributed by atoms with Crippen LogP contribution in [-0.2, 0) is 14.9 Å². The molecule has 3 aromatic rings. The number of nitrogens with one attached hydrogen (secondary N) is 1. The summed E-state index contributed by atoms with van der Waals surface area (Å²) in [5, 5.41) is 0. The van der Waals surface area contributed by atoms with Crippen molar-refractivity contribution in [3.05, 3.63) is 96.1 Å². The molecule has 0 bridgehead atoms. The molecule has 186 valence electrons. The number of benzene rings is 3. The minimum atomic E-state index is -4.84. The summed E-state index contributed by atoms with van der Waals surface area (Å²) in [5.41, 5.74) is 5.09. The van der Waals surface area contributed by atoms with Gasteiger partial charge >= 0.3 is 6.36 Å². The van der Waals surface area contributed by atoms with Gasteiger partial charge in [-0.3, -0.25) is 4.84 Å². The molecule has 35 heavy (non-hydrogen) atoms. The molecule has 0 radical (unpaired) electrons. The van der Waals surface area contributed by atoms with Crippen molar-refractivity contribution in [2.24, 2.45) is 0 Å². The van der Waals surface area contributed by atoms with E-state index in [1.54, 1.807) is 0 Å². The van der Waals surface area contributed by atoms with E-state index in [1.165, 1.54) is 4.31 Å². The molecule has 0 amide bonds. The molecule has 1 fully saturated rings. The van der Waals surface area contributed by atoms with Gasteiger partial charge in [0.1, 0.15) is 11.9 Å². The van der Waals surface area contributed by atoms with Crippen LogP contribution in [-0.4, -0.2) is 38.2 Å². The number of hydrogen-bond donors (Lipinski definition) is 1. The van der Waals surface area contributed by atoms with Gasteiger partial charge in [0.15, 0.2) is 0 Å². The van der Waals surface area contributed by atoms with Crippen LogP contribution in [0.2, 0.25) is 0 Å². The molecule has 6 nitrogen and oxygen atoms in total. The summed E-state index contributed by atoms with van der Waals surface area (Å²) in [6, 6.07) is 23.8. The average molecular weight is 507 g/mol. The third-order valence-electron chi connectivity index (χ3n) is 5.71. The van der Waals surface area contributed by atoms with E-state index >= 15 is 0 Å². The second-order valence-corrected chi connectivity index (χ2v) is 10.1. The van der Waals surface area contributed by atoms with Gasteiger partial charge in [0.05, 0.1) is 4.90 Å². The zero-order valence-corrected chi connectivity index (χ0v) is 19.5. The smallest absolute Gasteiger partial charge is 0.406 e. The normalized spacial score (nSPS) is 15.9. The molecule has 3 aromatic carbocycles. The van der Waals surface area contributed by atoms with E-state index in [1.807, 2.05) is 60.7 Å². The molecule has 1 aliphatic rings. The van der Waals surface area contributed by atoms with Crippen LogP contribution in [0.3, 0.4) is 0 Å². The van der Waals surface area contributed by atoms with Crippen LogP contribution >= 0.6 is 0 Å². The molecule has 10 heteroatoms. The minimum Gasteiger partial charge on any atom is -0.406 e. The van der Waals surface area contributed by atoms with E-state index in [4.69, 9.17) is 4.84 Å². The molecule has 0 spiro atoms. The molecular formula is C25H25F3N2O4S. The van der Waals surface area contributed by atoms with Crippen molar-refractivity contribution in [3.8, 4) is 5.75 Å². The average Bonchev–Trinajstić information content (AvgIpc) is 2.85. The number of hydroxylamine groups is 1. The highest BCUT2D eigenvalue weighted by Gasteiger charge is 2.32. The Morgan fingerprint density at radius 3 is 1.83 bits per heavy atom. The van der Waals surface area contributed by atoms with E-state index in [0.29, 0.717) is 12.8 Å². The van der Waals surface area contributed by atoms with Crippen LogP contribution < -0.4 is 10.2 Å². The molecule has 1 N–H and O–H groups in total. The molecule has 0 unspecified atom stereocenters. The molecule has 0 aliphatic carbocycles. The van der Waals surface area contributed by atoms with Crippen molar-refractivity contribution >= 4 is 10.0 Å². The summed E-state index contributed by atoms with van der Waals surface area (Å²) in [6.45, 7) is 0.511. The predicted molar refractivity (Wildman–Crippen MR) is 124 cm³/mol. The van der Waals surface area contributed by atoms with Gasteiger partial charge in [-0.2, -0.15) is 9.79 Å². The first-order valence-electron chi connectivity index (χ1n) is 11.1. The Hall–Kier alpha value is -2.92. The minimum absolute atomic E-state index is 0.0565. The van der Waals surface area contributed by atoms with E-state index < -0.39 is 22.1 Å². The quantitative estimate of drug-likeness (QED) is 0.433. The number of halogens is 3. The lowest BCUT2D eigenvalue weighted by Gasteiger charge is -2.32. The van der Waals surface area contributed by atoms with E-state index in [-0.39, 0.29) is 30.1 Å². The van der Waals surface area contributed by atoms with Gasteiger partial charge in [-0.05, 0) is 48.2 Å². The highest BCUT2D eigenvalue weighted by Crippen LogP contribution is 2.28. The van der Waals surface area contributed by atoms with Crippen LogP contribution in [0.5, 0.6) is 5.75 Å². The van der Waals surface area contributed by atoms with Gasteiger partial charge in [-0.15, -0.1) is 13.2 Å². The molecule has 0 saturated carbocycles. The standard InChI is InChI=1S/C25H25F3N2O4S/c26-25(27,28)33-22-11-13-23(14-12-22)35(31,32)30-17-15-21(16-18-30)29-34-24(19-7-3-1-4-8-19)20-9-5-2-6-10-20/h1-14,21,24,29H,15-18H2. The Labute approximate surface area is 202 Å². The number of alkyl halides is 3. The molecule has 4 rings (SSSR count). The van der Waals surface area contributed by atoms with Crippen LogP contribution in [0, 0.1) is 0 Å². The molecule has 1 aliphatic heterocycles. The number of piperidine rings is 1. The van der Waals surface area contributed by atoms with Crippen LogP contribution in [0.4, 0.5) is 13.2 Å². The first-order valence-corrected chi connectivity index (χ1v) is 12.5. The van der Waals surface area contributed by atoms with Crippen molar-refractivity contribution < 1.29 is 31.2 Å². The molecular weight excluding hydrogens is 481 g/mol. The number of hydrogen-bond acceptors (Lipinski definition) is 5. The van der Waals surface area contributed by atoms with Gasteiger partial charge in [0.2, 0.25) is 10.0 Å². The summed E-state index contributed by atoms with van der Waals surface area (Å²) >= 11 is 0. The molecule has 1 saturated heterocycles. The van der Waals surface area contributed by atoms with Crippen LogP contribution in [0.1, 0.15) is 30.1 Å². The van der Waals surface area contributed by atoms with Gasteiger partial charge in [-0.1, -0.05) is 60.7 Å². The van der Waals surface area contributed by atoms with Gasteiger partial charge in [-0.25, -0.2) is 8.42 Å². The van der Waals surface area contributed by atoms with Crippen molar-refractivity contribution in [3.63, 3.8) is 0 Å². The van der Waals surface area contributed by atoms with Crippen LogP contribution in [0.25, 0.3) is 0 Å². The summed E-state index contributed by atoms with van der Waals surface area (Å²) in [5.74, 6) is -0.470. The van der Waals surface area contributed by atoms with Crippen molar-refractivity contribution in [2.75, 3.05) is 13.1 Å². The van der Waals surface area contributed by atoms with Crippen molar-refractivity contribution in [2.45, 2.75) is 36.2 Å².